The summed E-state index contributed by atoms with van der Waals surface area (Å²) in [6.45, 7) is 1.83. The third kappa shape index (κ3) is 3.93. The maximum Gasteiger partial charge on any atom is 0.317 e. The molecule has 0 bridgehead atoms. The third-order valence-corrected chi connectivity index (χ3v) is 5.19. The Bertz CT molecular complexity index is 509. The van der Waals surface area contributed by atoms with E-state index in [0.29, 0.717) is 5.56 Å². The molecule has 6 heteroatoms. The summed E-state index contributed by atoms with van der Waals surface area (Å²) >= 11 is 1.86. The molecule has 0 aromatic heterocycles. The molecule has 1 heterocycles. The highest BCUT2D eigenvalue weighted by Crippen LogP contribution is 2.24. The number of halogens is 1. The second kappa shape index (κ2) is 7.83. The smallest absolute Gasteiger partial charge is 0.317 e. The standard InChI is InChI=1S/C16H23FN2O2S/c1-11(15(21-3)13-6-4-5-7-14(13)17)18-16(20)19(2)12-8-9-22-10-12/h4-7,11-12,15H,8-10H2,1-3H3,(H,18,20). The summed E-state index contributed by atoms with van der Waals surface area (Å²) in [5.74, 6) is 1.74. The summed E-state index contributed by atoms with van der Waals surface area (Å²) in [5, 5.41) is 2.92. The van der Waals surface area contributed by atoms with Crippen LogP contribution < -0.4 is 5.32 Å². The molecule has 0 aliphatic carbocycles. The van der Waals surface area contributed by atoms with E-state index >= 15 is 0 Å². The van der Waals surface area contributed by atoms with Crippen LogP contribution in [0.4, 0.5) is 9.18 Å². The lowest BCUT2D eigenvalue weighted by molar-refractivity contribution is 0.0706. The number of amides is 2. The van der Waals surface area contributed by atoms with Gasteiger partial charge >= 0.3 is 6.03 Å². The molecule has 1 aromatic carbocycles. The lowest BCUT2D eigenvalue weighted by Gasteiger charge is -2.29. The van der Waals surface area contributed by atoms with Gasteiger partial charge in [0.05, 0.1) is 6.04 Å². The van der Waals surface area contributed by atoms with E-state index < -0.39 is 6.10 Å². The van der Waals surface area contributed by atoms with Crippen molar-refractivity contribution in [1.29, 1.82) is 0 Å². The molecule has 1 aliphatic heterocycles. The van der Waals surface area contributed by atoms with Crippen molar-refractivity contribution in [2.75, 3.05) is 25.7 Å². The summed E-state index contributed by atoms with van der Waals surface area (Å²) in [6, 6.07) is 6.29. The number of hydrogen-bond acceptors (Lipinski definition) is 3. The van der Waals surface area contributed by atoms with E-state index in [4.69, 9.17) is 4.74 Å². The lowest BCUT2D eigenvalue weighted by atomic mass is 10.0. The molecule has 0 spiro atoms. The molecule has 2 amide bonds. The summed E-state index contributed by atoms with van der Waals surface area (Å²) in [4.78, 5) is 14.1. The number of thioether (sulfide) groups is 1. The molecule has 1 aromatic rings. The Morgan fingerprint density at radius 2 is 2.23 bits per heavy atom. The first-order valence-electron chi connectivity index (χ1n) is 7.43. The molecule has 3 unspecified atom stereocenters. The van der Waals surface area contributed by atoms with Crippen molar-refractivity contribution in [1.82, 2.24) is 10.2 Å². The fraction of sp³-hybridized carbons (Fsp3) is 0.562. The van der Waals surface area contributed by atoms with Gasteiger partial charge in [-0.15, -0.1) is 0 Å². The number of methoxy groups -OCH3 is 1. The van der Waals surface area contributed by atoms with Gasteiger partial charge in [-0.3, -0.25) is 0 Å². The first kappa shape index (κ1) is 17.1. The normalized spacial score (nSPS) is 20.5. The molecule has 1 fully saturated rings. The molecule has 0 radical (unpaired) electrons. The molecular formula is C16H23FN2O2S. The van der Waals surface area contributed by atoms with Gasteiger partial charge in [0, 0.05) is 31.5 Å². The number of carbonyl (C=O) groups is 1. The number of rotatable bonds is 5. The van der Waals surface area contributed by atoms with Crippen molar-refractivity contribution in [3.8, 4) is 0 Å². The Kier molecular flexibility index (Phi) is 6.08. The predicted molar refractivity (Wildman–Crippen MR) is 87.6 cm³/mol. The molecule has 0 saturated carbocycles. The van der Waals surface area contributed by atoms with Gasteiger partial charge in [-0.1, -0.05) is 18.2 Å². The minimum absolute atomic E-state index is 0.140. The third-order valence-electron chi connectivity index (χ3n) is 4.04. The maximum absolute atomic E-state index is 13.9. The first-order chi connectivity index (χ1) is 10.5. The highest BCUT2D eigenvalue weighted by atomic mass is 32.2. The van der Waals surface area contributed by atoms with Gasteiger partial charge in [-0.25, -0.2) is 9.18 Å². The molecule has 22 heavy (non-hydrogen) atoms. The summed E-state index contributed by atoms with van der Waals surface area (Å²) in [6.07, 6.45) is 0.501. The Balaban J connectivity index is 2.01. The Labute approximate surface area is 135 Å². The number of benzene rings is 1. The lowest BCUT2D eigenvalue weighted by Crippen LogP contribution is -2.48. The zero-order valence-corrected chi connectivity index (χ0v) is 14.0. The van der Waals surface area contributed by atoms with Gasteiger partial charge < -0.3 is 15.0 Å². The fourth-order valence-corrected chi connectivity index (χ4v) is 3.94. The zero-order chi connectivity index (χ0) is 16.1. The van der Waals surface area contributed by atoms with Crippen LogP contribution in [0.25, 0.3) is 0 Å². The van der Waals surface area contributed by atoms with E-state index in [1.165, 1.54) is 13.2 Å². The van der Waals surface area contributed by atoms with Crippen molar-refractivity contribution in [2.45, 2.75) is 31.5 Å². The predicted octanol–water partition coefficient (Wildman–Crippen LogP) is 3.05. The van der Waals surface area contributed by atoms with Crippen molar-refractivity contribution >= 4 is 17.8 Å². The number of nitrogens with one attached hydrogen (secondary N) is 1. The highest BCUT2D eigenvalue weighted by molar-refractivity contribution is 7.99. The number of hydrogen-bond donors (Lipinski definition) is 1. The van der Waals surface area contributed by atoms with Crippen LogP contribution in [0.1, 0.15) is 25.0 Å². The minimum Gasteiger partial charge on any atom is -0.375 e. The van der Waals surface area contributed by atoms with Crippen molar-refractivity contribution in [2.24, 2.45) is 0 Å². The van der Waals surface area contributed by atoms with Crippen LogP contribution in [-0.2, 0) is 4.74 Å². The summed E-state index contributed by atoms with van der Waals surface area (Å²) in [7, 11) is 3.33. The Morgan fingerprint density at radius 3 is 2.82 bits per heavy atom. The maximum atomic E-state index is 13.9. The number of ether oxygens (including phenoxy) is 1. The Morgan fingerprint density at radius 1 is 1.50 bits per heavy atom. The van der Waals surface area contributed by atoms with Crippen LogP contribution in [0.2, 0.25) is 0 Å². The van der Waals surface area contributed by atoms with E-state index in [0.717, 1.165) is 17.9 Å². The fourth-order valence-electron chi connectivity index (χ4n) is 2.67. The van der Waals surface area contributed by atoms with Gasteiger partial charge in [-0.2, -0.15) is 11.8 Å². The van der Waals surface area contributed by atoms with E-state index in [9.17, 15) is 9.18 Å². The average Bonchev–Trinajstić information content (AvgIpc) is 3.03. The van der Waals surface area contributed by atoms with E-state index in [1.54, 1.807) is 23.1 Å². The highest BCUT2D eigenvalue weighted by Gasteiger charge is 2.28. The average molecular weight is 326 g/mol. The van der Waals surface area contributed by atoms with Crippen LogP contribution in [0.15, 0.2) is 24.3 Å². The number of nitrogens with zero attached hydrogens (tertiary/aromatic N) is 1. The quantitative estimate of drug-likeness (QED) is 0.904. The SMILES string of the molecule is COC(c1ccccc1F)C(C)NC(=O)N(C)C1CCSC1. The van der Waals surface area contributed by atoms with Crippen molar-refractivity contribution in [3.05, 3.63) is 35.6 Å². The van der Waals surface area contributed by atoms with Gasteiger partial charge in [0.2, 0.25) is 0 Å². The molecule has 1 saturated heterocycles. The van der Waals surface area contributed by atoms with Crippen molar-refractivity contribution < 1.29 is 13.9 Å². The molecule has 4 nitrogen and oxygen atoms in total. The number of carbonyl (C=O) groups excluding carboxylic acids is 1. The second-order valence-corrected chi connectivity index (χ2v) is 6.69. The Hall–Kier alpha value is -1.27. The second-order valence-electron chi connectivity index (χ2n) is 5.54. The van der Waals surface area contributed by atoms with Gasteiger partial charge in [0.1, 0.15) is 11.9 Å². The largest absolute Gasteiger partial charge is 0.375 e. The van der Waals surface area contributed by atoms with Gasteiger partial charge in [-0.05, 0) is 25.2 Å². The topological polar surface area (TPSA) is 41.6 Å². The van der Waals surface area contributed by atoms with Crippen molar-refractivity contribution in [3.63, 3.8) is 0 Å². The van der Waals surface area contributed by atoms with E-state index in [2.05, 4.69) is 5.32 Å². The minimum atomic E-state index is -0.517. The van der Waals surface area contributed by atoms with Crippen LogP contribution in [0.5, 0.6) is 0 Å². The number of urea groups is 1. The van der Waals surface area contributed by atoms with Crippen LogP contribution >= 0.6 is 11.8 Å². The molecular weight excluding hydrogens is 303 g/mol. The summed E-state index contributed by atoms with van der Waals surface area (Å²) < 4.78 is 19.3. The van der Waals surface area contributed by atoms with Gasteiger partial charge in [0.25, 0.3) is 0 Å². The van der Waals surface area contributed by atoms with Gasteiger partial charge in [0.15, 0.2) is 0 Å². The molecule has 1 aliphatic rings. The monoisotopic (exact) mass is 326 g/mol. The van der Waals surface area contributed by atoms with E-state index in [1.807, 2.05) is 25.7 Å². The molecule has 1 N–H and O–H groups in total. The molecule has 122 valence electrons. The van der Waals surface area contributed by atoms with Crippen LogP contribution in [0.3, 0.4) is 0 Å². The van der Waals surface area contributed by atoms with E-state index in [-0.39, 0.29) is 23.9 Å². The summed E-state index contributed by atoms with van der Waals surface area (Å²) in [5.41, 5.74) is 0.455. The zero-order valence-electron chi connectivity index (χ0n) is 13.2. The van der Waals surface area contributed by atoms with Crippen LogP contribution in [0, 0.1) is 5.82 Å². The first-order valence-corrected chi connectivity index (χ1v) is 8.58. The molecule has 3 atom stereocenters. The molecule has 2 rings (SSSR count). The van der Waals surface area contributed by atoms with Crippen LogP contribution in [-0.4, -0.2) is 48.7 Å².